The van der Waals surface area contributed by atoms with Crippen molar-refractivity contribution in [2.45, 2.75) is 6.42 Å². The highest BCUT2D eigenvalue weighted by molar-refractivity contribution is 5.97. The number of amides is 1. The van der Waals surface area contributed by atoms with E-state index in [2.05, 4.69) is 15.3 Å². The average molecular weight is 401 g/mol. The number of hydrogen-bond acceptors (Lipinski definition) is 4. The number of methoxy groups -OCH3 is 2. The Labute approximate surface area is 174 Å². The summed E-state index contributed by atoms with van der Waals surface area (Å²) in [4.78, 5) is 20.0. The fourth-order valence-corrected chi connectivity index (χ4v) is 3.51. The summed E-state index contributed by atoms with van der Waals surface area (Å²) < 4.78 is 10.6. The molecule has 0 unspecified atom stereocenters. The predicted molar refractivity (Wildman–Crippen MR) is 119 cm³/mol. The highest BCUT2D eigenvalue weighted by Crippen LogP contribution is 2.27. The van der Waals surface area contributed by atoms with E-state index < -0.39 is 0 Å². The molecule has 4 aromatic rings. The van der Waals surface area contributed by atoms with Crippen LogP contribution in [-0.2, 0) is 11.2 Å². The standard InChI is InChI=1S/C24H23N3O3/c1-29-20-8-4-7-19-18(15-26-24(19)20)9-11-21(28)25-14-13-17-6-3-5-16-10-12-22(30-2)27-23(16)17/h3-12,15,26H,13-14H2,1-2H3,(H,25,28)/b11-9+. The summed E-state index contributed by atoms with van der Waals surface area (Å²) in [6.45, 7) is 0.517. The van der Waals surface area contributed by atoms with Crippen LogP contribution in [0.5, 0.6) is 11.6 Å². The van der Waals surface area contributed by atoms with Crippen LogP contribution < -0.4 is 14.8 Å². The minimum atomic E-state index is -0.141. The molecular weight excluding hydrogens is 378 g/mol. The van der Waals surface area contributed by atoms with Gasteiger partial charge in [-0.2, -0.15) is 0 Å². The fourth-order valence-electron chi connectivity index (χ4n) is 3.51. The van der Waals surface area contributed by atoms with E-state index in [1.807, 2.05) is 54.7 Å². The van der Waals surface area contributed by atoms with Gasteiger partial charge in [-0.05, 0) is 30.2 Å². The molecule has 1 amide bonds. The monoisotopic (exact) mass is 401 g/mol. The maximum Gasteiger partial charge on any atom is 0.244 e. The van der Waals surface area contributed by atoms with Crippen molar-refractivity contribution in [2.24, 2.45) is 0 Å². The van der Waals surface area contributed by atoms with Crippen LogP contribution in [0.3, 0.4) is 0 Å². The smallest absolute Gasteiger partial charge is 0.244 e. The number of pyridine rings is 1. The number of hydrogen-bond donors (Lipinski definition) is 2. The molecule has 2 N–H and O–H groups in total. The molecule has 4 rings (SSSR count). The lowest BCUT2D eigenvalue weighted by atomic mass is 10.1. The van der Waals surface area contributed by atoms with Gasteiger partial charge in [0.25, 0.3) is 0 Å². The Balaban J connectivity index is 1.41. The van der Waals surface area contributed by atoms with E-state index in [1.54, 1.807) is 26.4 Å². The van der Waals surface area contributed by atoms with Crippen molar-refractivity contribution in [2.75, 3.05) is 20.8 Å². The molecule has 0 fully saturated rings. The van der Waals surface area contributed by atoms with Gasteiger partial charge < -0.3 is 19.8 Å². The molecule has 0 aliphatic heterocycles. The molecule has 2 aromatic heterocycles. The first kappa shape index (κ1) is 19.5. The Morgan fingerprint density at radius 1 is 1.10 bits per heavy atom. The Kier molecular flexibility index (Phi) is 5.66. The van der Waals surface area contributed by atoms with Crippen molar-refractivity contribution in [1.29, 1.82) is 0 Å². The largest absolute Gasteiger partial charge is 0.495 e. The van der Waals surface area contributed by atoms with Crippen LogP contribution in [0.4, 0.5) is 0 Å². The lowest BCUT2D eigenvalue weighted by Crippen LogP contribution is -2.23. The number of carbonyl (C=O) groups is 1. The number of rotatable bonds is 7. The maximum absolute atomic E-state index is 12.3. The molecule has 2 aromatic carbocycles. The number of H-pyrrole nitrogens is 1. The fraction of sp³-hybridized carbons (Fsp3) is 0.167. The van der Waals surface area contributed by atoms with Gasteiger partial charge in [-0.3, -0.25) is 4.79 Å². The highest BCUT2D eigenvalue weighted by atomic mass is 16.5. The second-order valence-electron chi connectivity index (χ2n) is 6.84. The summed E-state index contributed by atoms with van der Waals surface area (Å²) in [6, 6.07) is 15.7. The van der Waals surface area contributed by atoms with Crippen LogP contribution >= 0.6 is 0 Å². The lowest BCUT2D eigenvalue weighted by Gasteiger charge is -2.08. The molecule has 2 heterocycles. The van der Waals surface area contributed by atoms with Crippen LogP contribution in [0.15, 0.2) is 60.8 Å². The third-order valence-corrected chi connectivity index (χ3v) is 5.02. The Morgan fingerprint density at radius 2 is 1.97 bits per heavy atom. The molecule has 0 atom stereocenters. The maximum atomic E-state index is 12.3. The first-order chi connectivity index (χ1) is 14.7. The van der Waals surface area contributed by atoms with Crippen LogP contribution in [0.25, 0.3) is 27.9 Å². The van der Waals surface area contributed by atoms with E-state index >= 15 is 0 Å². The number of aromatic nitrogens is 2. The minimum Gasteiger partial charge on any atom is -0.495 e. The molecule has 152 valence electrons. The average Bonchev–Trinajstić information content (AvgIpc) is 3.20. The van der Waals surface area contributed by atoms with Gasteiger partial charge in [0, 0.05) is 41.2 Å². The molecule has 0 saturated heterocycles. The molecule has 0 saturated carbocycles. The predicted octanol–water partition coefficient (Wildman–Crippen LogP) is 4.11. The van der Waals surface area contributed by atoms with Crippen LogP contribution in [0.2, 0.25) is 0 Å². The number of fused-ring (bicyclic) bond motifs is 2. The third-order valence-electron chi connectivity index (χ3n) is 5.02. The van der Waals surface area contributed by atoms with Gasteiger partial charge in [0.05, 0.1) is 25.3 Å². The number of nitrogens with zero attached hydrogens (tertiary/aromatic N) is 1. The Hall–Kier alpha value is -3.80. The van der Waals surface area contributed by atoms with Crippen molar-refractivity contribution < 1.29 is 14.3 Å². The third kappa shape index (κ3) is 3.98. The zero-order chi connectivity index (χ0) is 20.9. The highest BCUT2D eigenvalue weighted by Gasteiger charge is 2.07. The topological polar surface area (TPSA) is 76.2 Å². The second-order valence-corrected chi connectivity index (χ2v) is 6.84. The normalized spacial score (nSPS) is 11.3. The van der Waals surface area contributed by atoms with Gasteiger partial charge in [0.1, 0.15) is 5.75 Å². The number of nitrogens with one attached hydrogen (secondary N) is 2. The quantitative estimate of drug-likeness (QED) is 0.457. The van der Waals surface area contributed by atoms with Crippen molar-refractivity contribution in [3.8, 4) is 11.6 Å². The molecule has 6 heteroatoms. The van der Waals surface area contributed by atoms with Gasteiger partial charge in [0.15, 0.2) is 0 Å². The Morgan fingerprint density at radius 3 is 2.80 bits per heavy atom. The van der Waals surface area contributed by atoms with Gasteiger partial charge in [0.2, 0.25) is 11.8 Å². The van der Waals surface area contributed by atoms with E-state index in [0.29, 0.717) is 18.8 Å². The van der Waals surface area contributed by atoms with E-state index in [1.165, 1.54) is 0 Å². The van der Waals surface area contributed by atoms with Gasteiger partial charge in [-0.25, -0.2) is 4.98 Å². The van der Waals surface area contributed by atoms with E-state index in [0.717, 1.165) is 38.7 Å². The summed E-state index contributed by atoms with van der Waals surface area (Å²) in [6.07, 6.45) is 5.90. The number of para-hydroxylation sites is 2. The second kappa shape index (κ2) is 8.69. The molecule has 6 nitrogen and oxygen atoms in total. The van der Waals surface area contributed by atoms with Gasteiger partial charge >= 0.3 is 0 Å². The first-order valence-corrected chi connectivity index (χ1v) is 9.72. The van der Waals surface area contributed by atoms with E-state index in [-0.39, 0.29) is 5.91 Å². The summed E-state index contributed by atoms with van der Waals surface area (Å²) in [5, 5.41) is 5.00. The summed E-state index contributed by atoms with van der Waals surface area (Å²) in [7, 11) is 3.24. The van der Waals surface area contributed by atoms with Gasteiger partial charge in [-0.15, -0.1) is 0 Å². The summed E-state index contributed by atoms with van der Waals surface area (Å²) in [5.41, 5.74) is 3.82. The zero-order valence-corrected chi connectivity index (χ0v) is 16.9. The Bertz CT molecular complexity index is 1230. The molecule has 0 radical (unpaired) electrons. The molecule has 0 spiro atoms. The van der Waals surface area contributed by atoms with E-state index in [9.17, 15) is 4.79 Å². The van der Waals surface area contributed by atoms with Crippen LogP contribution in [0.1, 0.15) is 11.1 Å². The number of aromatic amines is 1. The van der Waals surface area contributed by atoms with Crippen molar-refractivity contribution in [3.05, 3.63) is 71.9 Å². The first-order valence-electron chi connectivity index (χ1n) is 9.72. The van der Waals surface area contributed by atoms with Crippen molar-refractivity contribution in [1.82, 2.24) is 15.3 Å². The molecule has 0 aliphatic rings. The molecule has 0 bridgehead atoms. The van der Waals surface area contributed by atoms with Crippen molar-refractivity contribution >= 4 is 33.8 Å². The summed E-state index contributed by atoms with van der Waals surface area (Å²) in [5.74, 6) is 1.22. The molecule has 30 heavy (non-hydrogen) atoms. The van der Waals surface area contributed by atoms with Crippen LogP contribution in [-0.4, -0.2) is 36.6 Å². The lowest BCUT2D eigenvalue weighted by molar-refractivity contribution is -0.116. The summed E-state index contributed by atoms with van der Waals surface area (Å²) >= 11 is 0. The van der Waals surface area contributed by atoms with Gasteiger partial charge in [-0.1, -0.05) is 30.3 Å². The number of carbonyl (C=O) groups excluding carboxylic acids is 1. The van der Waals surface area contributed by atoms with E-state index in [4.69, 9.17) is 9.47 Å². The zero-order valence-electron chi connectivity index (χ0n) is 16.9. The molecular formula is C24H23N3O3. The SMILES string of the molecule is COc1ccc2cccc(CCNC(=O)/C=C/c3c[nH]c4c(OC)cccc34)c2n1. The molecule has 0 aliphatic carbocycles. The van der Waals surface area contributed by atoms with Crippen molar-refractivity contribution in [3.63, 3.8) is 0 Å². The number of ether oxygens (including phenoxy) is 2. The minimum absolute atomic E-state index is 0.141. The number of benzene rings is 2. The van der Waals surface area contributed by atoms with Crippen LogP contribution in [0, 0.1) is 0 Å².